The highest BCUT2D eigenvalue weighted by Crippen LogP contribution is 2.14. The van der Waals surface area contributed by atoms with Crippen LogP contribution in [0, 0.1) is 0 Å². The Balaban J connectivity index is 2.63. The van der Waals surface area contributed by atoms with E-state index in [0.29, 0.717) is 6.54 Å². The molecule has 4 heteroatoms. The monoisotopic (exact) mass is 266 g/mol. The zero-order valence-corrected chi connectivity index (χ0v) is 11.7. The van der Waals surface area contributed by atoms with Gasteiger partial charge in [-0.15, -0.1) is 0 Å². The van der Waals surface area contributed by atoms with Crippen LogP contribution in [0.5, 0.6) is 0 Å². The molecule has 100 valence electrons. The second kappa shape index (κ2) is 8.89. The molecule has 0 aliphatic heterocycles. The van der Waals surface area contributed by atoms with Crippen molar-refractivity contribution in [3.63, 3.8) is 0 Å². The van der Waals surface area contributed by atoms with E-state index in [2.05, 4.69) is 29.3 Å². The standard InChI is InChI=1S/C14H22N2OS/c1-2-3-11-16(13-8-5-4-6-9-13)14(18)15-10-7-12-17/h4-6,8-9,17H,2-3,7,10-12H2,1H3,(H,15,18). The third-order valence-electron chi connectivity index (χ3n) is 2.66. The topological polar surface area (TPSA) is 35.5 Å². The molecule has 0 radical (unpaired) electrons. The number of aliphatic hydroxyl groups is 1. The van der Waals surface area contributed by atoms with Crippen LogP contribution in [0.4, 0.5) is 5.69 Å². The summed E-state index contributed by atoms with van der Waals surface area (Å²) in [6, 6.07) is 10.2. The van der Waals surface area contributed by atoms with E-state index in [4.69, 9.17) is 17.3 Å². The lowest BCUT2D eigenvalue weighted by Gasteiger charge is -2.25. The molecule has 0 fully saturated rings. The van der Waals surface area contributed by atoms with Gasteiger partial charge in [0.1, 0.15) is 0 Å². The van der Waals surface area contributed by atoms with Gasteiger partial charge >= 0.3 is 0 Å². The zero-order valence-electron chi connectivity index (χ0n) is 10.9. The summed E-state index contributed by atoms with van der Waals surface area (Å²) in [5.41, 5.74) is 1.12. The van der Waals surface area contributed by atoms with E-state index in [1.807, 2.05) is 18.2 Å². The van der Waals surface area contributed by atoms with Crippen molar-refractivity contribution in [3.8, 4) is 0 Å². The number of benzene rings is 1. The fraction of sp³-hybridized carbons (Fsp3) is 0.500. The number of unbranched alkanes of at least 4 members (excludes halogenated alkanes) is 1. The summed E-state index contributed by atoms with van der Waals surface area (Å²) in [7, 11) is 0. The molecule has 0 bridgehead atoms. The number of thiocarbonyl (C=S) groups is 1. The summed E-state index contributed by atoms with van der Waals surface area (Å²) in [5.74, 6) is 0. The molecule has 0 aromatic heterocycles. The second-order valence-electron chi connectivity index (χ2n) is 4.15. The maximum atomic E-state index is 8.78. The van der Waals surface area contributed by atoms with E-state index in [1.54, 1.807) is 0 Å². The van der Waals surface area contributed by atoms with Gasteiger partial charge in [0.25, 0.3) is 0 Å². The molecule has 18 heavy (non-hydrogen) atoms. The molecular weight excluding hydrogens is 244 g/mol. The van der Waals surface area contributed by atoms with E-state index in [1.165, 1.54) is 0 Å². The predicted molar refractivity (Wildman–Crippen MR) is 81.0 cm³/mol. The summed E-state index contributed by atoms with van der Waals surface area (Å²) in [5, 5.41) is 12.7. The lowest BCUT2D eigenvalue weighted by atomic mass is 10.2. The molecule has 0 saturated heterocycles. The minimum atomic E-state index is 0.190. The average molecular weight is 266 g/mol. The van der Waals surface area contributed by atoms with Crippen LogP contribution in [-0.4, -0.2) is 29.9 Å². The van der Waals surface area contributed by atoms with E-state index in [0.717, 1.165) is 36.6 Å². The number of nitrogens with zero attached hydrogens (tertiary/aromatic N) is 1. The van der Waals surface area contributed by atoms with Gasteiger partial charge < -0.3 is 15.3 Å². The number of rotatable bonds is 7. The molecule has 0 spiro atoms. The normalized spacial score (nSPS) is 10.1. The summed E-state index contributed by atoms with van der Waals surface area (Å²) < 4.78 is 0. The molecule has 2 N–H and O–H groups in total. The van der Waals surface area contributed by atoms with Crippen LogP contribution in [-0.2, 0) is 0 Å². The van der Waals surface area contributed by atoms with Gasteiger partial charge in [0.2, 0.25) is 0 Å². The van der Waals surface area contributed by atoms with Crippen LogP contribution in [0.3, 0.4) is 0 Å². The van der Waals surface area contributed by atoms with Crippen LogP contribution in [0.25, 0.3) is 0 Å². The molecule has 0 aliphatic carbocycles. The number of hydrogen-bond acceptors (Lipinski definition) is 2. The maximum absolute atomic E-state index is 8.78. The average Bonchev–Trinajstić information content (AvgIpc) is 2.41. The van der Waals surface area contributed by atoms with Crippen molar-refractivity contribution in [2.24, 2.45) is 0 Å². The van der Waals surface area contributed by atoms with Crippen LogP contribution in [0.15, 0.2) is 30.3 Å². The van der Waals surface area contributed by atoms with Crippen molar-refractivity contribution < 1.29 is 5.11 Å². The Morgan fingerprint density at radius 3 is 2.61 bits per heavy atom. The lowest BCUT2D eigenvalue weighted by Crippen LogP contribution is -2.41. The third-order valence-corrected chi connectivity index (χ3v) is 3.02. The third kappa shape index (κ3) is 5.02. The van der Waals surface area contributed by atoms with Gasteiger partial charge in [-0.05, 0) is 37.2 Å². The van der Waals surface area contributed by atoms with E-state index < -0.39 is 0 Å². The minimum absolute atomic E-state index is 0.190. The highest BCUT2D eigenvalue weighted by molar-refractivity contribution is 7.80. The quantitative estimate of drug-likeness (QED) is 0.587. The van der Waals surface area contributed by atoms with Gasteiger partial charge in [0.05, 0.1) is 0 Å². The molecule has 0 aliphatic rings. The van der Waals surface area contributed by atoms with Gasteiger partial charge in [0, 0.05) is 25.4 Å². The summed E-state index contributed by atoms with van der Waals surface area (Å²) >= 11 is 5.42. The van der Waals surface area contributed by atoms with Gasteiger partial charge in [-0.25, -0.2) is 0 Å². The maximum Gasteiger partial charge on any atom is 0.173 e. The Morgan fingerprint density at radius 2 is 2.00 bits per heavy atom. The Labute approximate surface area is 115 Å². The van der Waals surface area contributed by atoms with Crippen molar-refractivity contribution in [1.29, 1.82) is 0 Å². The molecule has 1 aromatic carbocycles. The van der Waals surface area contributed by atoms with Gasteiger partial charge in [-0.3, -0.25) is 0 Å². The SMILES string of the molecule is CCCCN(C(=S)NCCCO)c1ccccc1. The summed E-state index contributed by atoms with van der Waals surface area (Å²) in [4.78, 5) is 2.12. The van der Waals surface area contributed by atoms with E-state index in [9.17, 15) is 0 Å². The first kappa shape index (κ1) is 14.9. The molecule has 0 heterocycles. The number of nitrogens with one attached hydrogen (secondary N) is 1. The van der Waals surface area contributed by atoms with Crippen molar-refractivity contribution in [1.82, 2.24) is 5.32 Å². The minimum Gasteiger partial charge on any atom is -0.396 e. The Kier molecular flexibility index (Phi) is 7.37. The highest BCUT2D eigenvalue weighted by atomic mass is 32.1. The Morgan fingerprint density at radius 1 is 1.28 bits per heavy atom. The van der Waals surface area contributed by atoms with Crippen LogP contribution < -0.4 is 10.2 Å². The first-order chi connectivity index (χ1) is 8.79. The number of hydrogen-bond donors (Lipinski definition) is 2. The van der Waals surface area contributed by atoms with Crippen molar-refractivity contribution in [2.45, 2.75) is 26.2 Å². The van der Waals surface area contributed by atoms with Crippen molar-refractivity contribution in [3.05, 3.63) is 30.3 Å². The largest absolute Gasteiger partial charge is 0.396 e. The van der Waals surface area contributed by atoms with Crippen molar-refractivity contribution >= 4 is 23.0 Å². The molecule has 0 saturated carbocycles. The molecule has 0 atom stereocenters. The Hall–Kier alpha value is -1.13. The summed E-state index contributed by atoms with van der Waals surface area (Å²) in [6.07, 6.45) is 2.97. The van der Waals surface area contributed by atoms with Gasteiger partial charge in [-0.2, -0.15) is 0 Å². The van der Waals surface area contributed by atoms with E-state index >= 15 is 0 Å². The number of para-hydroxylation sites is 1. The predicted octanol–water partition coefficient (Wildman–Crippen LogP) is 2.55. The number of anilines is 1. The van der Waals surface area contributed by atoms with Crippen LogP contribution >= 0.6 is 12.2 Å². The fourth-order valence-corrected chi connectivity index (χ4v) is 1.94. The van der Waals surface area contributed by atoms with Gasteiger partial charge in [0.15, 0.2) is 5.11 Å². The molecule has 1 rings (SSSR count). The number of aliphatic hydroxyl groups excluding tert-OH is 1. The molecular formula is C14H22N2OS. The van der Waals surface area contributed by atoms with Crippen molar-refractivity contribution in [2.75, 3.05) is 24.6 Å². The first-order valence-electron chi connectivity index (χ1n) is 6.51. The summed E-state index contributed by atoms with van der Waals surface area (Å²) in [6.45, 7) is 4.00. The highest BCUT2D eigenvalue weighted by Gasteiger charge is 2.10. The smallest absolute Gasteiger partial charge is 0.173 e. The van der Waals surface area contributed by atoms with Crippen LogP contribution in [0.1, 0.15) is 26.2 Å². The first-order valence-corrected chi connectivity index (χ1v) is 6.91. The Bertz CT molecular complexity index is 343. The second-order valence-corrected chi connectivity index (χ2v) is 4.54. The molecule has 3 nitrogen and oxygen atoms in total. The van der Waals surface area contributed by atoms with Gasteiger partial charge in [-0.1, -0.05) is 31.5 Å². The molecule has 0 unspecified atom stereocenters. The fourth-order valence-electron chi connectivity index (χ4n) is 1.64. The molecule has 0 amide bonds. The van der Waals surface area contributed by atoms with E-state index in [-0.39, 0.29) is 6.61 Å². The lowest BCUT2D eigenvalue weighted by molar-refractivity contribution is 0.289. The zero-order chi connectivity index (χ0) is 13.2. The van der Waals surface area contributed by atoms with Crippen LogP contribution in [0.2, 0.25) is 0 Å². The molecule has 1 aromatic rings.